The molecule has 2 saturated heterocycles. The van der Waals surface area contributed by atoms with Gasteiger partial charge in [0.15, 0.2) is 0 Å². The van der Waals surface area contributed by atoms with Gasteiger partial charge in [-0.2, -0.15) is 0 Å². The van der Waals surface area contributed by atoms with Crippen molar-refractivity contribution in [2.24, 2.45) is 11.8 Å². The van der Waals surface area contributed by atoms with Crippen LogP contribution in [0.1, 0.15) is 25.7 Å². The topological polar surface area (TPSA) is 55.0 Å². The fourth-order valence-electron chi connectivity index (χ4n) is 5.11. The molecule has 4 unspecified atom stereocenters. The van der Waals surface area contributed by atoms with E-state index in [0.29, 0.717) is 23.9 Å². The molecule has 2 N–H and O–H groups in total. The van der Waals surface area contributed by atoms with Crippen LogP contribution in [0.15, 0.2) is 18.2 Å². The molecule has 6 nitrogen and oxygen atoms in total. The highest BCUT2D eigenvalue weighted by atomic mass is 16.5. The van der Waals surface area contributed by atoms with Gasteiger partial charge in [0, 0.05) is 55.6 Å². The number of ether oxygens (including phenoxy) is 3. The van der Waals surface area contributed by atoms with Gasteiger partial charge in [0.2, 0.25) is 0 Å². The van der Waals surface area contributed by atoms with E-state index in [0.717, 1.165) is 50.9 Å². The van der Waals surface area contributed by atoms with Crippen LogP contribution in [0.3, 0.4) is 0 Å². The number of nitrogens with one attached hydrogen (secondary N) is 2. The summed E-state index contributed by atoms with van der Waals surface area (Å²) in [6.07, 6.45) is 5.18. The van der Waals surface area contributed by atoms with Crippen LogP contribution < -0.4 is 25.0 Å². The highest BCUT2D eigenvalue weighted by Crippen LogP contribution is 2.33. The Morgan fingerprint density at radius 3 is 2.68 bits per heavy atom. The van der Waals surface area contributed by atoms with Crippen molar-refractivity contribution in [3.05, 3.63) is 18.2 Å². The molecule has 6 heteroatoms. The van der Waals surface area contributed by atoms with E-state index >= 15 is 0 Å². The van der Waals surface area contributed by atoms with Gasteiger partial charge in [0.05, 0.1) is 27.4 Å². The summed E-state index contributed by atoms with van der Waals surface area (Å²) in [6, 6.07) is 7.31. The fourth-order valence-corrected chi connectivity index (χ4v) is 5.11. The van der Waals surface area contributed by atoms with Gasteiger partial charge in [-0.25, -0.2) is 0 Å². The maximum atomic E-state index is 5.70. The van der Waals surface area contributed by atoms with Crippen molar-refractivity contribution in [1.29, 1.82) is 0 Å². The van der Waals surface area contributed by atoms with Crippen molar-refractivity contribution in [2.45, 2.75) is 37.8 Å². The fraction of sp³-hybridized carbons (Fsp3) is 0.727. The lowest BCUT2D eigenvalue weighted by molar-refractivity contribution is 0.0523. The lowest BCUT2D eigenvalue weighted by Crippen LogP contribution is -2.51. The Kier molecular flexibility index (Phi) is 6.60. The second-order valence-electron chi connectivity index (χ2n) is 8.42. The molecule has 156 valence electrons. The van der Waals surface area contributed by atoms with Gasteiger partial charge in [-0.15, -0.1) is 0 Å². The van der Waals surface area contributed by atoms with Crippen molar-refractivity contribution in [3.63, 3.8) is 0 Å². The summed E-state index contributed by atoms with van der Waals surface area (Å²) >= 11 is 0. The van der Waals surface area contributed by atoms with E-state index in [1.807, 2.05) is 6.07 Å². The monoisotopic (exact) mass is 389 g/mol. The first kappa shape index (κ1) is 19.8. The molecule has 1 aliphatic carbocycles. The normalized spacial score (nSPS) is 30.6. The van der Waals surface area contributed by atoms with Crippen LogP contribution in [0.5, 0.6) is 11.5 Å². The number of hydrogen-bond donors (Lipinski definition) is 2. The first-order chi connectivity index (χ1) is 13.8. The Labute approximate surface area is 168 Å². The zero-order valence-corrected chi connectivity index (χ0v) is 17.3. The lowest BCUT2D eigenvalue weighted by Gasteiger charge is -2.33. The predicted molar refractivity (Wildman–Crippen MR) is 112 cm³/mol. The first-order valence-electron chi connectivity index (χ1n) is 10.8. The molecule has 28 heavy (non-hydrogen) atoms. The molecule has 1 aromatic carbocycles. The standard InChI is InChI=1S/C22H35N3O3/c1-26-18-10-17(11-19(12-18)27-2)25-8-6-16(14-25)13-24-21-5-3-4-20(21)22-15-28-9-7-23-22/h10-12,16,20-24H,3-9,13-15H2,1-2H3. The minimum Gasteiger partial charge on any atom is -0.497 e. The Hall–Kier alpha value is -1.50. The zero-order valence-electron chi connectivity index (χ0n) is 17.3. The van der Waals surface area contributed by atoms with Gasteiger partial charge in [0.25, 0.3) is 0 Å². The van der Waals surface area contributed by atoms with Crippen molar-refractivity contribution in [3.8, 4) is 11.5 Å². The van der Waals surface area contributed by atoms with Crippen LogP contribution in [0.25, 0.3) is 0 Å². The Morgan fingerprint density at radius 2 is 1.96 bits per heavy atom. The average Bonchev–Trinajstić information content (AvgIpc) is 3.42. The smallest absolute Gasteiger partial charge is 0.124 e. The number of nitrogens with zero attached hydrogens (tertiary/aromatic N) is 1. The Bertz CT molecular complexity index is 613. The van der Waals surface area contributed by atoms with Crippen molar-refractivity contribution in [2.75, 3.05) is 58.5 Å². The van der Waals surface area contributed by atoms with E-state index in [1.54, 1.807) is 14.2 Å². The minimum atomic E-state index is 0.526. The largest absolute Gasteiger partial charge is 0.497 e. The molecule has 2 heterocycles. The van der Waals surface area contributed by atoms with Gasteiger partial charge < -0.3 is 29.7 Å². The number of rotatable bonds is 7. The molecule has 0 spiro atoms. The summed E-state index contributed by atoms with van der Waals surface area (Å²) in [5.74, 6) is 3.10. The lowest BCUT2D eigenvalue weighted by atomic mass is 9.93. The van der Waals surface area contributed by atoms with E-state index in [-0.39, 0.29) is 0 Å². The summed E-state index contributed by atoms with van der Waals surface area (Å²) in [6.45, 7) is 6.01. The van der Waals surface area contributed by atoms with E-state index in [9.17, 15) is 0 Å². The van der Waals surface area contributed by atoms with Crippen molar-refractivity contribution in [1.82, 2.24) is 10.6 Å². The molecule has 0 aromatic heterocycles. The molecule has 1 saturated carbocycles. The predicted octanol–water partition coefficient (Wildman–Crippen LogP) is 2.28. The second-order valence-corrected chi connectivity index (χ2v) is 8.42. The average molecular weight is 390 g/mol. The maximum Gasteiger partial charge on any atom is 0.124 e. The molecular weight excluding hydrogens is 354 g/mol. The molecule has 0 radical (unpaired) electrons. The summed E-state index contributed by atoms with van der Waals surface area (Å²) in [5.41, 5.74) is 1.20. The maximum absolute atomic E-state index is 5.70. The summed E-state index contributed by atoms with van der Waals surface area (Å²) in [4.78, 5) is 2.46. The van der Waals surface area contributed by atoms with Gasteiger partial charge in [-0.3, -0.25) is 0 Å². The SMILES string of the molecule is COc1cc(OC)cc(N2CCC(CNC3CCCC3C3COCCN3)C2)c1. The van der Waals surface area contributed by atoms with E-state index in [1.165, 1.54) is 31.4 Å². The van der Waals surface area contributed by atoms with E-state index in [2.05, 4.69) is 27.7 Å². The Morgan fingerprint density at radius 1 is 1.14 bits per heavy atom. The highest BCUT2D eigenvalue weighted by Gasteiger charge is 2.35. The van der Waals surface area contributed by atoms with Gasteiger partial charge >= 0.3 is 0 Å². The number of hydrogen-bond acceptors (Lipinski definition) is 6. The molecule has 3 fully saturated rings. The third kappa shape index (κ3) is 4.56. The third-order valence-corrected chi connectivity index (χ3v) is 6.69. The van der Waals surface area contributed by atoms with Gasteiger partial charge in [-0.1, -0.05) is 6.42 Å². The van der Waals surface area contributed by atoms with E-state index < -0.39 is 0 Å². The minimum absolute atomic E-state index is 0.526. The Balaban J connectivity index is 1.30. The van der Waals surface area contributed by atoms with Crippen LogP contribution in [0, 0.1) is 11.8 Å². The van der Waals surface area contributed by atoms with Crippen molar-refractivity contribution < 1.29 is 14.2 Å². The second kappa shape index (κ2) is 9.33. The van der Waals surface area contributed by atoms with Crippen LogP contribution >= 0.6 is 0 Å². The summed E-state index contributed by atoms with van der Waals surface area (Å²) in [7, 11) is 3.42. The molecule has 0 bridgehead atoms. The molecule has 3 aliphatic rings. The first-order valence-corrected chi connectivity index (χ1v) is 10.8. The number of methoxy groups -OCH3 is 2. The van der Waals surface area contributed by atoms with E-state index in [4.69, 9.17) is 14.2 Å². The van der Waals surface area contributed by atoms with Gasteiger partial charge in [0.1, 0.15) is 11.5 Å². The van der Waals surface area contributed by atoms with Crippen LogP contribution in [-0.4, -0.2) is 65.7 Å². The summed E-state index contributed by atoms with van der Waals surface area (Å²) < 4.78 is 16.6. The third-order valence-electron chi connectivity index (χ3n) is 6.69. The van der Waals surface area contributed by atoms with Crippen LogP contribution in [0.4, 0.5) is 5.69 Å². The number of anilines is 1. The molecule has 4 atom stereocenters. The highest BCUT2D eigenvalue weighted by molar-refractivity contribution is 5.56. The summed E-state index contributed by atoms with van der Waals surface area (Å²) in [5, 5.41) is 7.59. The number of benzene rings is 1. The molecule has 1 aromatic rings. The van der Waals surface area contributed by atoms with Gasteiger partial charge in [-0.05, 0) is 37.6 Å². The molecular formula is C22H35N3O3. The number of morpholine rings is 1. The van der Waals surface area contributed by atoms with Crippen LogP contribution in [0.2, 0.25) is 0 Å². The van der Waals surface area contributed by atoms with Crippen molar-refractivity contribution >= 4 is 5.69 Å². The molecule has 0 amide bonds. The molecule has 4 rings (SSSR count). The molecule has 2 aliphatic heterocycles. The zero-order chi connectivity index (χ0) is 19.3. The van der Waals surface area contributed by atoms with Crippen LogP contribution in [-0.2, 0) is 4.74 Å². The quantitative estimate of drug-likeness (QED) is 0.746.